The summed E-state index contributed by atoms with van der Waals surface area (Å²) < 4.78 is 49.9. The van der Waals surface area contributed by atoms with E-state index in [9.17, 15) is 32.3 Å². The molecule has 3 amide bonds. The molecule has 12 heteroatoms. The number of carbonyl (C=O) groups excluding carboxylic acids is 4. The van der Waals surface area contributed by atoms with Crippen molar-refractivity contribution in [1.29, 1.82) is 0 Å². The van der Waals surface area contributed by atoms with E-state index in [-0.39, 0.29) is 24.1 Å². The molecule has 1 saturated carbocycles. The molecule has 2 rings (SSSR count). The van der Waals surface area contributed by atoms with E-state index in [1.165, 1.54) is 6.07 Å². The quantitative estimate of drug-likeness (QED) is 0.438. The molecule has 40 heavy (non-hydrogen) atoms. The minimum absolute atomic E-state index is 0.209. The molecule has 0 aliphatic heterocycles. The summed E-state index contributed by atoms with van der Waals surface area (Å²) in [6, 6.07) is 2.70. The highest BCUT2D eigenvalue weighted by Crippen LogP contribution is 2.32. The van der Waals surface area contributed by atoms with Crippen molar-refractivity contribution in [3.8, 4) is 0 Å². The number of benzene rings is 1. The Kier molecular flexibility index (Phi) is 11.0. The smallest absolute Gasteiger partial charge is 0.416 e. The largest absolute Gasteiger partial charge is 0.463 e. The second-order valence-electron chi connectivity index (χ2n) is 11.5. The predicted molar refractivity (Wildman–Crippen MR) is 141 cm³/mol. The van der Waals surface area contributed by atoms with Gasteiger partial charge in [-0.1, -0.05) is 6.07 Å². The van der Waals surface area contributed by atoms with E-state index in [4.69, 9.17) is 9.47 Å². The molecule has 1 aliphatic carbocycles. The molecule has 0 aromatic heterocycles. The van der Waals surface area contributed by atoms with Gasteiger partial charge in [0, 0.05) is 23.7 Å². The van der Waals surface area contributed by atoms with Gasteiger partial charge in [-0.15, -0.1) is 0 Å². The molecule has 224 valence electrons. The zero-order chi connectivity index (χ0) is 30.4. The Morgan fingerprint density at radius 2 is 1.70 bits per heavy atom. The van der Waals surface area contributed by atoms with Crippen LogP contribution < -0.4 is 10.6 Å². The molecule has 0 saturated heterocycles. The number of nitrogens with zero attached hydrogens (tertiary/aromatic N) is 1. The second-order valence-corrected chi connectivity index (χ2v) is 11.5. The van der Waals surface area contributed by atoms with Crippen LogP contribution in [0.15, 0.2) is 24.3 Å². The lowest BCUT2D eigenvalue weighted by atomic mass is 9.80. The first kappa shape index (κ1) is 32.9. The number of amides is 3. The standard InChI is InChI=1S/C28H40F3N3O6/c1-16(2)34(26(38)40-27(5,6)7)20-11-12-22(21(14-20)25(37)39-17(3)4)33-23(35)15-32-24(36)18-9-8-10-19(13-18)28(29,30)31/h8-10,13,16-17,20-22H,11-12,14-15H2,1-7H3,(H,32,36)(H,33,35)/t20-,21-,22+/m1/s1. The summed E-state index contributed by atoms with van der Waals surface area (Å²) in [5.41, 5.74) is -1.92. The van der Waals surface area contributed by atoms with Crippen LogP contribution in [0.2, 0.25) is 0 Å². The zero-order valence-electron chi connectivity index (χ0n) is 24.1. The maximum absolute atomic E-state index is 13.0. The fourth-order valence-electron chi connectivity index (χ4n) is 4.61. The van der Waals surface area contributed by atoms with Crippen molar-refractivity contribution >= 4 is 23.9 Å². The van der Waals surface area contributed by atoms with Crippen LogP contribution in [0.1, 0.15) is 83.7 Å². The van der Waals surface area contributed by atoms with Crippen molar-refractivity contribution in [2.45, 2.75) is 104 Å². The van der Waals surface area contributed by atoms with Crippen LogP contribution >= 0.6 is 0 Å². The van der Waals surface area contributed by atoms with E-state index in [1.807, 2.05) is 13.8 Å². The molecule has 0 unspecified atom stereocenters. The topological polar surface area (TPSA) is 114 Å². The van der Waals surface area contributed by atoms with Crippen LogP contribution in [0.5, 0.6) is 0 Å². The molecule has 0 bridgehead atoms. The minimum atomic E-state index is -4.61. The van der Waals surface area contributed by atoms with E-state index in [2.05, 4.69) is 10.6 Å². The Labute approximate surface area is 233 Å². The number of esters is 1. The highest BCUT2D eigenvalue weighted by Gasteiger charge is 2.42. The molecule has 0 radical (unpaired) electrons. The monoisotopic (exact) mass is 571 g/mol. The number of hydrogen-bond donors (Lipinski definition) is 2. The Balaban J connectivity index is 2.11. The zero-order valence-corrected chi connectivity index (χ0v) is 24.1. The third kappa shape index (κ3) is 9.71. The predicted octanol–water partition coefficient (Wildman–Crippen LogP) is 4.69. The van der Waals surface area contributed by atoms with Gasteiger partial charge >= 0.3 is 18.2 Å². The normalized spacial score (nSPS) is 19.6. The summed E-state index contributed by atoms with van der Waals surface area (Å²) >= 11 is 0. The van der Waals surface area contributed by atoms with Crippen molar-refractivity contribution < 1.29 is 41.8 Å². The third-order valence-electron chi connectivity index (χ3n) is 6.24. The highest BCUT2D eigenvalue weighted by molar-refractivity contribution is 5.96. The second kappa shape index (κ2) is 13.4. The average Bonchev–Trinajstić information content (AvgIpc) is 2.81. The molecule has 0 heterocycles. The first-order valence-electron chi connectivity index (χ1n) is 13.4. The summed E-state index contributed by atoms with van der Waals surface area (Å²) in [5.74, 6) is -2.75. The van der Waals surface area contributed by atoms with Gasteiger partial charge in [0.25, 0.3) is 5.91 Å². The van der Waals surface area contributed by atoms with Crippen LogP contribution in [0.3, 0.4) is 0 Å². The molecular formula is C28H40F3N3O6. The lowest BCUT2D eigenvalue weighted by Gasteiger charge is -2.42. The van der Waals surface area contributed by atoms with Crippen LogP contribution in [-0.4, -0.2) is 65.2 Å². The summed E-state index contributed by atoms with van der Waals surface area (Å²) in [5, 5.41) is 5.07. The van der Waals surface area contributed by atoms with Crippen LogP contribution in [0.25, 0.3) is 0 Å². The van der Waals surface area contributed by atoms with Gasteiger partial charge in [0.15, 0.2) is 0 Å². The first-order chi connectivity index (χ1) is 18.4. The Hall–Kier alpha value is -3.31. The molecule has 0 spiro atoms. The number of ether oxygens (including phenoxy) is 2. The molecule has 3 atom stereocenters. The molecular weight excluding hydrogens is 531 g/mol. The molecule has 2 N–H and O–H groups in total. The summed E-state index contributed by atoms with van der Waals surface area (Å²) in [4.78, 5) is 52.7. The SMILES string of the molecule is CC(C)OC(=O)[C@@H]1C[C@H](N(C(=O)OC(C)(C)C)C(C)C)CC[C@@H]1NC(=O)CNC(=O)c1cccc(C(F)(F)F)c1. The lowest BCUT2D eigenvalue weighted by Crippen LogP contribution is -2.55. The lowest BCUT2D eigenvalue weighted by molar-refractivity contribution is -0.156. The van der Waals surface area contributed by atoms with Crippen molar-refractivity contribution in [2.75, 3.05) is 6.54 Å². The number of nitrogens with one attached hydrogen (secondary N) is 2. The molecule has 1 aliphatic rings. The Morgan fingerprint density at radius 1 is 1.05 bits per heavy atom. The van der Waals surface area contributed by atoms with Gasteiger partial charge in [0.2, 0.25) is 5.91 Å². The van der Waals surface area contributed by atoms with Gasteiger partial charge < -0.3 is 25.0 Å². The Morgan fingerprint density at radius 3 is 2.25 bits per heavy atom. The van der Waals surface area contributed by atoms with Gasteiger partial charge in [-0.05, 0) is 85.9 Å². The van der Waals surface area contributed by atoms with Gasteiger partial charge in [0.1, 0.15) is 5.60 Å². The molecule has 9 nitrogen and oxygen atoms in total. The van der Waals surface area contributed by atoms with Crippen molar-refractivity contribution in [2.24, 2.45) is 5.92 Å². The fraction of sp³-hybridized carbons (Fsp3) is 0.643. The van der Waals surface area contributed by atoms with E-state index >= 15 is 0 Å². The average molecular weight is 572 g/mol. The number of hydrogen-bond acceptors (Lipinski definition) is 6. The number of alkyl halides is 3. The molecule has 1 fully saturated rings. The maximum atomic E-state index is 13.0. The van der Waals surface area contributed by atoms with Crippen molar-refractivity contribution in [3.05, 3.63) is 35.4 Å². The van der Waals surface area contributed by atoms with Gasteiger partial charge in [-0.2, -0.15) is 13.2 Å². The molecule has 1 aromatic carbocycles. The first-order valence-corrected chi connectivity index (χ1v) is 13.4. The summed E-state index contributed by atoms with van der Waals surface area (Å²) in [6.45, 7) is 11.9. The van der Waals surface area contributed by atoms with E-state index in [0.29, 0.717) is 18.9 Å². The van der Waals surface area contributed by atoms with Gasteiger partial charge in [-0.25, -0.2) is 4.79 Å². The number of carbonyl (C=O) groups is 4. The third-order valence-corrected chi connectivity index (χ3v) is 6.24. The summed E-state index contributed by atoms with van der Waals surface area (Å²) in [7, 11) is 0. The highest BCUT2D eigenvalue weighted by atomic mass is 19.4. The van der Waals surface area contributed by atoms with Crippen LogP contribution in [0, 0.1) is 5.92 Å². The van der Waals surface area contributed by atoms with Crippen LogP contribution in [-0.2, 0) is 25.2 Å². The van der Waals surface area contributed by atoms with Crippen LogP contribution in [0.4, 0.5) is 18.0 Å². The van der Waals surface area contributed by atoms with Crippen molar-refractivity contribution in [3.63, 3.8) is 0 Å². The Bertz CT molecular complexity index is 1070. The van der Waals surface area contributed by atoms with Gasteiger partial charge in [-0.3, -0.25) is 14.4 Å². The maximum Gasteiger partial charge on any atom is 0.416 e. The molecule has 1 aromatic rings. The fourth-order valence-corrected chi connectivity index (χ4v) is 4.61. The number of rotatable bonds is 8. The van der Waals surface area contributed by atoms with E-state index in [0.717, 1.165) is 12.1 Å². The summed E-state index contributed by atoms with van der Waals surface area (Å²) in [6.07, 6.45) is -4.45. The van der Waals surface area contributed by atoms with Gasteiger partial charge in [0.05, 0.1) is 24.1 Å². The van der Waals surface area contributed by atoms with E-state index < -0.39 is 65.8 Å². The minimum Gasteiger partial charge on any atom is -0.463 e. The van der Waals surface area contributed by atoms with E-state index in [1.54, 1.807) is 39.5 Å². The number of halogens is 3. The van der Waals surface area contributed by atoms with Crippen molar-refractivity contribution in [1.82, 2.24) is 15.5 Å².